The maximum Gasteiger partial charge on any atom is 0.225 e. The number of fused-ring (bicyclic) bond motifs is 1. The van der Waals surface area contributed by atoms with Crippen molar-refractivity contribution in [2.24, 2.45) is 5.92 Å². The number of amides is 1. The Bertz CT molecular complexity index is 872. The van der Waals surface area contributed by atoms with Crippen LogP contribution in [0.1, 0.15) is 56.4 Å². The molecule has 1 N–H and O–H groups in total. The first-order valence-corrected chi connectivity index (χ1v) is 11.9. The minimum atomic E-state index is 0.00637. The lowest BCUT2D eigenvalue weighted by molar-refractivity contribution is -0.125. The van der Waals surface area contributed by atoms with E-state index in [0.717, 1.165) is 68.2 Å². The van der Waals surface area contributed by atoms with E-state index in [2.05, 4.69) is 58.2 Å². The predicted octanol–water partition coefficient (Wildman–Crippen LogP) is 3.73. The van der Waals surface area contributed by atoms with Crippen LogP contribution in [0.25, 0.3) is 0 Å². The molecule has 1 amide bonds. The van der Waals surface area contributed by atoms with E-state index in [1.54, 1.807) is 0 Å². The van der Waals surface area contributed by atoms with E-state index in [4.69, 9.17) is 4.98 Å². The average Bonchev–Trinajstić information content (AvgIpc) is 2.84. The molecule has 0 bridgehead atoms. The van der Waals surface area contributed by atoms with E-state index in [1.807, 2.05) is 6.20 Å². The molecule has 166 valence electrons. The van der Waals surface area contributed by atoms with Crippen LogP contribution in [0.4, 0.5) is 11.6 Å². The molecule has 1 aliphatic heterocycles. The van der Waals surface area contributed by atoms with Gasteiger partial charge in [-0.05, 0) is 75.6 Å². The summed E-state index contributed by atoms with van der Waals surface area (Å²) < 4.78 is 0. The third-order valence-electron chi connectivity index (χ3n) is 6.68. The van der Waals surface area contributed by atoms with Gasteiger partial charge in [-0.1, -0.05) is 12.1 Å². The zero-order valence-corrected chi connectivity index (χ0v) is 18.9. The number of hydrogen-bond donors (Lipinski definition) is 1. The van der Waals surface area contributed by atoms with Gasteiger partial charge in [0.25, 0.3) is 0 Å². The molecule has 1 aromatic carbocycles. The fourth-order valence-corrected chi connectivity index (χ4v) is 4.71. The second kappa shape index (κ2) is 10.1. The maximum absolute atomic E-state index is 12.8. The van der Waals surface area contributed by atoms with Crippen LogP contribution in [0.2, 0.25) is 0 Å². The summed E-state index contributed by atoms with van der Waals surface area (Å²) in [6, 6.07) is 8.51. The Hall–Kier alpha value is -2.63. The lowest BCUT2D eigenvalue weighted by atomic mass is 9.86. The van der Waals surface area contributed by atoms with Crippen molar-refractivity contribution in [3.63, 3.8) is 0 Å². The van der Waals surface area contributed by atoms with Gasteiger partial charge in [0.05, 0.1) is 0 Å². The van der Waals surface area contributed by atoms with Gasteiger partial charge >= 0.3 is 0 Å². The molecule has 0 unspecified atom stereocenters. The highest BCUT2D eigenvalue weighted by molar-refractivity contribution is 5.79. The maximum atomic E-state index is 12.8. The van der Waals surface area contributed by atoms with Crippen molar-refractivity contribution in [1.82, 2.24) is 15.3 Å². The van der Waals surface area contributed by atoms with Crippen LogP contribution in [-0.4, -0.2) is 42.1 Å². The number of nitrogens with one attached hydrogen (secondary N) is 1. The largest absolute Gasteiger partial charge is 0.372 e. The van der Waals surface area contributed by atoms with Crippen molar-refractivity contribution in [2.45, 2.75) is 58.9 Å². The Labute approximate surface area is 186 Å². The third-order valence-corrected chi connectivity index (χ3v) is 6.68. The molecule has 2 aliphatic rings. The van der Waals surface area contributed by atoms with Crippen molar-refractivity contribution >= 4 is 17.5 Å². The number of piperidine rings is 1. The number of aryl methyl sites for hydroxylation is 1. The van der Waals surface area contributed by atoms with Crippen molar-refractivity contribution < 1.29 is 4.79 Å². The second-order valence-electron chi connectivity index (χ2n) is 8.69. The zero-order valence-electron chi connectivity index (χ0n) is 18.9. The molecule has 1 saturated heterocycles. The van der Waals surface area contributed by atoms with Crippen molar-refractivity contribution in [3.05, 3.63) is 47.3 Å². The highest BCUT2D eigenvalue weighted by atomic mass is 16.1. The molecule has 4 rings (SSSR count). The Kier molecular flexibility index (Phi) is 7.05. The minimum absolute atomic E-state index is 0.00637. The smallest absolute Gasteiger partial charge is 0.225 e. The first-order chi connectivity index (χ1) is 15.2. The summed E-state index contributed by atoms with van der Waals surface area (Å²) in [7, 11) is 0. The average molecular weight is 422 g/mol. The van der Waals surface area contributed by atoms with Crippen LogP contribution in [0.15, 0.2) is 30.5 Å². The second-order valence-corrected chi connectivity index (χ2v) is 8.69. The van der Waals surface area contributed by atoms with Gasteiger partial charge < -0.3 is 15.1 Å². The van der Waals surface area contributed by atoms with E-state index < -0.39 is 0 Å². The molecule has 1 atom stereocenters. The SMILES string of the molecule is CCN(CC)c1ccc(CNC(=O)[C@H]2CCc3nc(N4CCCCC4)ncc3C2)cc1. The van der Waals surface area contributed by atoms with E-state index in [9.17, 15) is 4.79 Å². The van der Waals surface area contributed by atoms with Crippen LogP contribution in [0.3, 0.4) is 0 Å². The highest BCUT2D eigenvalue weighted by Gasteiger charge is 2.26. The van der Waals surface area contributed by atoms with E-state index in [0.29, 0.717) is 6.54 Å². The standard InChI is InChI=1S/C25H35N5O/c1-3-29(4-2)22-11-8-19(9-12-22)17-26-24(31)20-10-13-23-21(16-20)18-27-25(28-23)30-14-6-5-7-15-30/h8-9,11-12,18,20H,3-7,10,13-17H2,1-2H3,(H,26,31)/t20-/m0/s1. The molecule has 6 heteroatoms. The van der Waals surface area contributed by atoms with Gasteiger partial charge in [0.1, 0.15) is 0 Å². The van der Waals surface area contributed by atoms with Gasteiger partial charge in [-0.15, -0.1) is 0 Å². The normalized spacial score (nSPS) is 18.4. The Morgan fingerprint density at radius 1 is 1.13 bits per heavy atom. The van der Waals surface area contributed by atoms with E-state index >= 15 is 0 Å². The van der Waals surface area contributed by atoms with Crippen molar-refractivity contribution in [1.29, 1.82) is 0 Å². The topological polar surface area (TPSA) is 61.4 Å². The molecule has 6 nitrogen and oxygen atoms in total. The summed E-state index contributed by atoms with van der Waals surface area (Å²) in [5.74, 6) is 1.01. The molecule has 0 radical (unpaired) electrons. The first kappa shape index (κ1) is 21.6. The number of hydrogen-bond acceptors (Lipinski definition) is 5. The monoisotopic (exact) mass is 421 g/mol. The van der Waals surface area contributed by atoms with E-state index in [1.165, 1.54) is 24.9 Å². The molecule has 2 heterocycles. The van der Waals surface area contributed by atoms with E-state index in [-0.39, 0.29) is 11.8 Å². The summed E-state index contributed by atoms with van der Waals surface area (Å²) >= 11 is 0. The summed E-state index contributed by atoms with van der Waals surface area (Å²) in [4.78, 5) is 26.9. The van der Waals surface area contributed by atoms with Gasteiger partial charge in [0.2, 0.25) is 11.9 Å². The molecular weight excluding hydrogens is 386 g/mol. The van der Waals surface area contributed by atoms with Crippen LogP contribution < -0.4 is 15.1 Å². The van der Waals surface area contributed by atoms with Gasteiger partial charge in [-0.3, -0.25) is 4.79 Å². The molecular formula is C25H35N5O. The van der Waals surface area contributed by atoms with Gasteiger partial charge in [0.15, 0.2) is 0 Å². The number of aromatic nitrogens is 2. The van der Waals surface area contributed by atoms with Crippen molar-refractivity contribution in [2.75, 3.05) is 36.0 Å². The minimum Gasteiger partial charge on any atom is -0.372 e. The lowest BCUT2D eigenvalue weighted by Gasteiger charge is -2.28. The van der Waals surface area contributed by atoms with Crippen molar-refractivity contribution in [3.8, 4) is 0 Å². The lowest BCUT2D eigenvalue weighted by Crippen LogP contribution is -2.35. The fraction of sp³-hybridized carbons (Fsp3) is 0.560. The summed E-state index contributed by atoms with van der Waals surface area (Å²) in [5.41, 5.74) is 4.63. The van der Waals surface area contributed by atoms with Gasteiger partial charge in [0, 0.05) is 56.2 Å². The number of carbonyl (C=O) groups is 1. The molecule has 0 saturated carbocycles. The summed E-state index contributed by atoms with van der Waals surface area (Å²) in [5, 5.41) is 3.14. The summed E-state index contributed by atoms with van der Waals surface area (Å²) in [6.07, 6.45) is 8.16. The fourth-order valence-electron chi connectivity index (χ4n) is 4.71. The first-order valence-electron chi connectivity index (χ1n) is 11.9. The molecule has 31 heavy (non-hydrogen) atoms. The number of anilines is 2. The quantitative estimate of drug-likeness (QED) is 0.738. The number of nitrogens with zero attached hydrogens (tertiary/aromatic N) is 4. The van der Waals surface area contributed by atoms with Crippen LogP contribution >= 0.6 is 0 Å². The van der Waals surface area contributed by atoms with Crippen LogP contribution in [-0.2, 0) is 24.2 Å². The van der Waals surface area contributed by atoms with Crippen LogP contribution in [0, 0.1) is 5.92 Å². The Morgan fingerprint density at radius 3 is 2.58 bits per heavy atom. The zero-order chi connectivity index (χ0) is 21.6. The number of carbonyl (C=O) groups excluding carboxylic acids is 1. The predicted molar refractivity (Wildman–Crippen MR) is 125 cm³/mol. The van der Waals surface area contributed by atoms with Gasteiger partial charge in [-0.25, -0.2) is 9.97 Å². The number of rotatable bonds is 7. The third kappa shape index (κ3) is 5.17. The molecule has 1 aliphatic carbocycles. The Morgan fingerprint density at radius 2 is 1.87 bits per heavy atom. The van der Waals surface area contributed by atoms with Gasteiger partial charge in [-0.2, -0.15) is 0 Å². The van der Waals surface area contributed by atoms with Crippen LogP contribution in [0.5, 0.6) is 0 Å². The Balaban J connectivity index is 1.31. The highest BCUT2D eigenvalue weighted by Crippen LogP contribution is 2.26. The summed E-state index contributed by atoms with van der Waals surface area (Å²) in [6.45, 7) is 9.02. The number of benzene rings is 1. The molecule has 2 aromatic rings. The molecule has 1 fully saturated rings. The molecule has 1 aromatic heterocycles. The molecule has 0 spiro atoms.